The fourth-order valence-electron chi connectivity index (χ4n) is 4.83. The molecule has 4 rings (SSSR count). The van der Waals surface area contributed by atoms with Crippen LogP contribution in [0.2, 0.25) is 5.02 Å². The molecule has 2 aromatic rings. The lowest BCUT2D eigenvalue weighted by Gasteiger charge is -2.29. The summed E-state index contributed by atoms with van der Waals surface area (Å²) in [5.74, 6) is -0.807. The number of morpholine rings is 1. The van der Waals surface area contributed by atoms with E-state index in [2.05, 4.69) is 11.8 Å². The van der Waals surface area contributed by atoms with Crippen LogP contribution in [0, 0.1) is 0 Å². The number of benzene rings is 2. The summed E-state index contributed by atoms with van der Waals surface area (Å²) in [4.78, 5) is 30.4. The first-order valence-corrected chi connectivity index (χ1v) is 13.4. The van der Waals surface area contributed by atoms with Gasteiger partial charge in [-0.25, -0.2) is 0 Å². The Morgan fingerprint density at radius 2 is 1.81 bits per heavy atom. The van der Waals surface area contributed by atoms with Gasteiger partial charge in [0.15, 0.2) is 0 Å². The smallest absolute Gasteiger partial charge is 0.295 e. The summed E-state index contributed by atoms with van der Waals surface area (Å²) in [5.41, 5.74) is 1.25. The molecule has 0 saturated carbocycles. The number of hydrogen-bond acceptors (Lipinski definition) is 6. The second kappa shape index (κ2) is 13.1. The summed E-state index contributed by atoms with van der Waals surface area (Å²) in [6, 6.07) is 13.4. The van der Waals surface area contributed by atoms with Crippen molar-refractivity contribution in [2.24, 2.45) is 0 Å². The maximum Gasteiger partial charge on any atom is 0.295 e. The molecule has 1 unspecified atom stereocenters. The van der Waals surface area contributed by atoms with Gasteiger partial charge in [0.25, 0.3) is 11.7 Å². The van der Waals surface area contributed by atoms with Crippen LogP contribution < -0.4 is 4.74 Å². The second-order valence-electron chi connectivity index (χ2n) is 9.44. The maximum absolute atomic E-state index is 13.3. The van der Waals surface area contributed by atoms with E-state index in [0.717, 1.165) is 44.5 Å². The minimum absolute atomic E-state index is 0.0850. The van der Waals surface area contributed by atoms with Gasteiger partial charge < -0.3 is 19.5 Å². The van der Waals surface area contributed by atoms with E-state index in [0.29, 0.717) is 49.1 Å². The maximum atomic E-state index is 13.3. The van der Waals surface area contributed by atoms with Crippen molar-refractivity contribution in [3.8, 4) is 5.75 Å². The monoisotopic (exact) mass is 526 g/mol. The number of carbonyl (C=O) groups excluding carboxylic acids is 2. The van der Waals surface area contributed by atoms with E-state index in [1.54, 1.807) is 29.2 Å². The van der Waals surface area contributed by atoms with E-state index in [1.807, 2.05) is 24.3 Å². The van der Waals surface area contributed by atoms with E-state index in [-0.39, 0.29) is 11.3 Å². The van der Waals surface area contributed by atoms with Crippen LogP contribution in [0.4, 0.5) is 0 Å². The molecule has 1 N–H and O–H groups in total. The first-order valence-electron chi connectivity index (χ1n) is 13.1. The van der Waals surface area contributed by atoms with Crippen LogP contribution in [0.25, 0.3) is 5.76 Å². The van der Waals surface area contributed by atoms with Crippen LogP contribution in [0.1, 0.15) is 49.8 Å². The summed E-state index contributed by atoms with van der Waals surface area (Å²) in [6.07, 6.45) is 3.85. The predicted molar refractivity (Wildman–Crippen MR) is 144 cm³/mol. The number of rotatable bonds is 11. The molecule has 2 saturated heterocycles. The van der Waals surface area contributed by atoms with E-state index in [1.165, 1.54) is 0 Å². The van der Waals surface area contributed by atoms with Crippen molar-refractivity contribution in [1.29, 1.82) is 0 Å². The molecule has 7 nitrogen and oxygen atoms in total. The highest BCUT2D eigenvalue weighted by atomic mass is 35.5. The van der Waals surface area contributed by atoms with Gasteiger partial charge in [-0.05, 0) is 54.8 Å². The van der Waals surface area contributed by atoms with Crippen molar-refractivity contribution in [2.75, 3.05) is 46.0 Å². The number of ketones is 1. The Morgan fingerprint density at radius 3 is 2.54 bits per heavy atom. The van der Waals surface area contributed by atoms with Crippen LogP contribution in [-0.4, -0.2) is 72.6 Å². The van der Waals surface area contributed by atoms with Gasteiger partial charge in [0.1, 0.15) is 11.5 Å². The first-order chi connectivity index (χ1) is 18.0. The number of nitrogens with zero attached hydrogens (tertiary/aromatic N) is 2. The third-order valence-corrected chi connectivity index (χ3v) is 7.08. The topological polar surface area (TPSA) is 79.3 Å². The van der Waals surface area contributed by atoms with E-state index < -0.39 is 17.7 Å². The van der Waals surface area contributed by atoms with Crippen molar-refractivity contribution in [3.63, 3.8) is 0 Å². The second-order valence-corrected chi connectivity index (χ2v) is 9.87. The van der Waals surface area contributed by atoms with Crippen LogP contribution in [0.15, 0.2) is 54.1 Å². The molecule has 198 valence electrons. The molecular formula is C29H35ClN2O5. The Labute approximate surface area is 223 Å². The number of ether oxygens (including phenoxy) is 2. The zero-order valence-electron chi connectivity index (χ0n) is 21.3. The van der Waals surface area contributed by atoms with Crippen LogP contribution in [0.3, 0.4) is 0 Å². The van der Waals surface area contributed by atoms with Crippen molar-refractivity contribution in [2.45, 2.75) is 38.6 Å². The van der Waals surface area contributed by atoms with Gasteiger partial charge >= 0.3 is 0 Å². The number of unbranched alkanes of at least 4 members (excludes halogenated alkanes) is 2. The molecule has 0 aromatic heterocycles. The molecule has 1 amide bonds. The molecular weight excluding hydrogens is 492 g/mol. The van der Waals surface area contributed by atoms with Crippen LogP contribution in [0.5, 0.6) is 5.75 Å². The van der Waals surface area contributed by atoms with Gasteiger partial charge in [-0.2, -0.15) is 0 Å². The quantitative estimate of drug-likeness (QED) is 0.191. The third kappa shape index (κ3) is 6.72. The van der Waals surface area contributed by atoms with Crippen LogP contribution >= 0.6 is 11.6 Å². The molecule has 2 aromatic carbocycles. The molecule has 2 fully saturated rings. The number of hydrogen-bond donors (Lipinski definition) is 1. The average molecular weight is 527 g/mol. The predicted octanol–water partition coefficient (Wildman–Crippen LogP) is 5.05. The molecule has 2 heterocycles. The lowest BCUT2D eigenvalue weighted by atomic mass is 9.95. The summed E-state index contributed by atoms with van der Waals surface area (Å²) >= 11 is 6.02. The highest BCUT2D eigenvalue weighted by Crippen LogP contribution is 2.40. The molecule has 2 aliphatic rings. The summed E-state index contributed by atoms with van der Waals surface area (Å²) in [5, 5.41) is 11.7. The molecule has 2 aliphatic heterocycles. The number of aliphatic hydroxyl groups is 1. The zero-order valence-corrected chi connectivity index (χ0v) is 22.1. The highest BCUT2D eigenvalue weighted by Gasteiger charge is 2.46. The number of amides is 1. The Kier molecular flexibility index (Phi) is 9.61. The number of carbonyl (C=O) groups is 2. The van der Waals surface area contributed by atoms with Crippen LogP contribution in [-0.2, 0) is 14.3 Å². The lowest BCUT2D eigenvalue weighted by Crippen LogP contribution is -2.38. The SMILES string of the molecule is CCCCCOc1cccc(C2C(=C(O)c3ccc(Cl)cc3)C(=O)C(=O)N2CCCN2CCOCC2)c1. The van der Waals surface area contributed by atoms with Gasteiger partial charge in [-0.15, -0.1) is 0 Å². The standard InChI is InChI=1S/C29H35ClN2O5/c1-2-3-4-17-37-24-8-5-7-22(20-24)26-25(27(33)21-9-11-23(30)12-10-21)28(34)29(35)32(26)14-6-13-31-15-18-36-19-16-31/h5,7-12,20,26,33H,2-4,6,13-19H2,1H3. The Morgan fingerprint density at radius 1 is 1.05 bits per heavy atom. The normalized spacial score (nSPS) is 19.9. The van der Waals surface area contributed by atoms with Crippen molar-refractivity contribution in [1.82, 2.24) is 9.80 Å². The number of Topliss-reactive ketones (excluding diaryl/α,β-unsaturated/α-hetero) is 1. The van der Waals surface area contributed by atoms with E-state index in [9.17, 15) is 14.7 Å². The fourth-order valence-corrected chi connectivity index (χ4v) is 4.95. The molecule has 8 heteroatoms. The van der Waals surface area contributed by atoms with E-state index in [4.69, 9.17) is 21.1 Å². The summed E-state index contributed by atoms with van der Waals surface area (Å²) < 4.78 is 11.4. The van der Waals surface area contributed by atoms with Gasteiger partial charge in [-0.1, -0.05) is 43.5 Å². The number of halogens is 1. The van der Waals surface area contributed by atoms with Gasteiger partial charge in [0, 0.05) is 36.8 Å². The number of aliphatic hydroxyl groups excluding tert-OH is 1. The minimum atomic E-state index is -0.709. The molecule has 0 spiro atoms. The molecule has 37 heavy (non-hydrogen) atoms. The van der Waals surface area contributed by atoms with Crippen molar-refractivity contribution >= 4 is 29.1 Å². The largest absolute Gasteiger partial charge is 0.507 e. The Hall–Kier alpha value is -2.87. The van der Waals surface area contributed by atoms with Gasteiger partial charge in [0.05, 0.1) is 31.4 Å². The van der Waals surface area contributed by atoms with Gasteiger partial charge in [0.2, 0.25) is 0 Å². The molecule has 0 radical (unpaired) electrons. The van der Waals surface area contributed by atoms with Crippen molar-refractivity contribution in [3.05, 3.63) is 70.3 Å². The van der Waals surface area contributed by atoms with E-state index >= 15 is 0 Å². The first kappa shape index (κ1) is 27.2. The Balaban J connectivity index is 1.64. The van der Waals surface area contributed by atoms with Gasteiger partial charge in [-0.3, -0.25) is 14.5 Å². The summed E-state index contributed by atoms with van der Waals surface area (Å²) in [6.45, 7) is 7.06. The zero-order chi connectivity index (χ0) is 26.2. The highest BCUT2D eigenvalue weighted by molar-refractivity contribution is 6.46. The molecule has 0 aliphatic carbocycles. The lowest BCUT2D eigenvalue weighted by molar-refractivity contribution is -0.140. The molecule has 1 atom stereocenters. The fraction of sp³-hybridized carbons (Fsp3) is 0.448. The number of likely N-dealkylation sites (tertiary alicyclic amines) is 1. The van der Waals surface area contributed by atoms with Crippen molar-refractivity contribution < 1.29 is 24.2 Å². The summed E-state index contributed by atoms with van der Waals surface area (Å²) in [7, 11) is 0. The molecule has 0 bridgehead atoms. The Bertz CT molecular complexity index is 1110. The average Bonchev–Trinajstić information content (AvgIpc) is 3.17. The minimum Gasteiger partial charge on any atom is -0.507 e. The third-order valence-electron chi connectivity index (χ3n) is 6.83.